The van der Waals surface area contributed by atoms with Crippen LogP contribution in [0.2, 0.25) is 0 Å². The van der Waals surface area contributed by atoms with Gasteiger partial charge in [-0.25, -0.2) is 14.8 Å². The van der Waals surface area contributed by atoms with Crippen molar-refractivity contribution in [3.63, 3.8) is 0 Å². The van der Waals surface area contributed by atoms with Crippen molar-refractivity contribution in [2.24, 2.45) is 7.05 Å². The zero-order valence-corrected chi connectivity index (χ0v) is 20.9. The summed E-state index contributed by atoms with van der Waals surface area (Å²) in [4.78, 5) is 35.5. The number of nitrogens with zero attached hydrogens (tertiary/aromatic N) is 5. The number of aromatic nitrogens is 4. The van der Waals surface area contributed by atoms with Gasteiger partial charge < -0.3 is 18.9 Å². The lowest BCUT2D eigenvalue weighted by molar-refractivity contribution is 0.0223. The molecule has 0 atom stereocenters. The Kier molecular flexibility index (Phi) is 5.99. The number of hydrogen-bond acceptors (Lipinski definition) is 6. The number of amides is 1. The van der Waals surface area contributed by atoms with Gasteiger partial charge in [0.2, 0.25) is 0 Å². The van der Waals surface area contributed by atoms with Gasteiger partial charge in [-0.3, -0.25) is 9.36 Å². The van der Waals surface area contributed by atoms with E-state index in [1.807, 2.05) is 46.0 Å². The molecule has 9 nitrogen and oxygen atoms in total. The molecule has 1 aromatic carbocycles. The minimum absolute atomic E-state index is 0.186. The number of rotatable bonds is 4. The molecule has 1 aliphatic heterocycles. The molecule has 3 aromatic heterocycles. The topological polar surface area (TPSA) is 91.5 Å². The predicted octanol–water partition coefficient (Wildman–Crippen LogP) is 3.99. The Labute approximate surface area is 208 Å². The summed E-state index contributed by atoms with van der Waals surface area (Å²) in [6.07, 6.45) is 5.45. The molecule has 0 spiro atoms. The largest absolute Gasteiger partial charge is 0.485 e. The molecule has 1 aliphatic rings. The van der Waals surface area contributed by atoms with E-state index in [0.717, 1.165) is 28.6 Å². The number of carbonyl (C=O) groups is 1. The van der Waals surface area contributed by atoms with Crippen molar-refractivity contribution in [1.29, 1.82) is 0 Å². The molecule has 4 aromatic rings. The van der Waals surface area contributed by atoms with Crippen LogP contribution in [0.5, 0.6) is 5.75 Å². The lowest BCUT2D eigenvalue weighted by atomic mass is 10.0. The Morgan fingerprint density at radius 2 is 1.89 bits per heavy atom. The summed E-state index contributed by atoms with van der Waals surface area (Å²) in [6.45, 7) is 6.91. The van der Waals surface area contributed by atoms with E-state index in [-0.39, 0.29) is 18.3 Å². The molecule has 0 saturated carbocycles. The second kappa shape index (κ2) is 9.14. The lowest BCUT2D eigenvalue weighted by Gasteiger charge is -2.30. The summed E-state index contributed by atoms with van der Waals surface area (Å²) >= 11 is 0. The predicted molar refractivity (Wildman–Crippen MR) is 135 cm³/mol. The highest BCUT2D eigenvalue weighted by molar-refractivity contribution is 5.88. The van der Waals surface area contributed by atoms with Crippen molar-refractivity contribution in [2.75, 3.05) is 6.54 Å². The van der Waals surface area contributed by atoms with E-state index in [9.17, 15) is 9.59 Å². The number of pyridine rings is 1. The summed E-state index contributed by atoms with van der Waals surface area (Å²) in [5.74, 6) is 1.01. The van der Waals surface area contributed by atoms with Gasteiger partial charge in [0, 0.05) is 61.3 Å². The van der Waals surface area contributed by atoms with Crippen molar-refractivity contribution >= 4 is 17.0 Å². The van der Waals surface area contributed by atoms with E-state index in [0.29, 0.717) is 24.7 Å². The third-order valence-corrected chi connectivity index (χ3v) is 6.20. The molecule has 0 bridgehead atoms. The van der Waals surface area contributed by atoms with Gasteiger partial charge in [-0.2, -0.15) is 0 Å². The molecule has 36 heavy (non-hydrogen) atoms. The molecule has 186 valence electrons. The molecular weight excluding hydrogens is 458 g/mol. The Morgan fingerprint density at radius 1 is 1.11 bits per heavy atom. The van der Waals surface area contributed by atoms with Gasteiger partial charge in [0.1, 0.15) is 18.0 Å². The third kappa shape index (κ3) is 4.68. The SMILES string of the molecule is Cn1c2c(c3ccc(-n4ccc(OCc5ncccn5)cc4=O)cc31)CN(C(=O)OC(C)(C)C)CC2. The maximum absolute atomic E-state index is 12.9. The summed E-state index contributed by atoms with van der Waals surface area (Å²) in [5, 5.41) is 1.07. The van der Waals surface area contributed by atoms with E-state index in [1.54, 1.807) is 40.2 Å². The van der Waals surface area contributed by atoms with E-state index in [2.05, 4.69) is 14.5 Å². The van der Waals surface area contributed by atoms with Gasteiger partial charge in [0.25, 0.3) is 5.56 Å². The Bertz CT molecular complexity index is 1480. The summed E-state index contributed by atoms with van der Waals surface area (Å²) in [6, 6.07) is 10.9. The molecule has 5 rings (SSSR count). The van der Waals surface area contributed by atoms with Gasteiger partial charge in [-0.1, -0.05) is 6.07 Å². The highest BCUT2D eigenvalue weighted by atomic mass is 16.6. The molecule has 0 saturated heterocycles. The van der Waals surface area contributed by atoms with E-state index >= 15 is 0 Å². The summed E-state index contributed by atoms with van der Waals surface area (Å²) < 4.78 is 15.0. The number of aryl methyl sites for hydroxylation is 1. The van der Waals surface area contributed by atoms with Gasteiger partial charge >= 0.3 is 6.09 Å². The fourth-order valence-corrected chi connectivity index (χ4v) is 4.51. The van der Waals surface area contributed by atoms with E-state index in [1.165, 1.54) is 11.8 Å². The molecule has 0 unspecified atom stereocenters. The van der Waals surface area contributed by atoms with Gasteiger partial charge in [0.15, 0.2) is 5.82 Å². The maximum atomic E-state index is 12.9. The first-order valence-electron chi connectivity index (χ1n) is 11.9. The van der Waals surface area contributed by atoms with Crippen LogP contribution in [0.1, 0.15) is 37.9 Å². The van der Waals surface area contributed by atoms with Gasteiger partial charge in [-0.05, 0) is 45.0 Å². The number of benzene rings is 1. The van der Waals surface area contributed by atoms with Crippen LogP contribution in [-0.2, 0) is 31.4 Å². The molecule has 9 heteroatoms. The molecule has 0 aliphatic carbocycles. The first-order chi connectivity index (χ1) is 17.2. The number of ether oxygens (including phenoxy) is 2. The van der Waals surface area contributed by atoms with E-state index in [4.69, 9.17) is 9.47 Å². The molecule has 0 fully saturated rings. The van der Waals surface area contributed by atoms with Crippen LogP contribution in [0.25, 0.3) is 16.6 Å². The molecule has 0 radical (unpaired) electrons. The van der Waals surface area contributed by atoms with Crippen molar-refractivity contribution < 1.29 is 14.3 Å². The standard InChI is InChI=1S/C27H29N5O4/c1-27(2,3)36-26(34)31-12-9-22-21(16-31)20-7-6-18(14-23(20)30(22)4)32-13-8-19(15-25(32)33)35-17-24-28-10-5-11-29-24/h5-8,10-11,13-15H,9,12,16-17H2,1-4H3. The van der Waals surface area contributed by atoms with Crippen LogP contribution >= 0.6 is 0 Å². The quantitative estimate of drug-likeness (QED) is 0.432. The van der Waals surface area contributed by atoms with Gasteiger partial charge in [0.05, 0.1) is 17.7 Å². The van der Waals surface area contributed by atoms with Crippen LogP contribution in [0.15, 0.2) is 59.8 Å². The monoisotopic (exact) mass is 487 g/mol. The average Bonchev–Trinajstić information content (AvgIpc) is 3.13. The van der Waals surface area contributed by atoms with Crippen LogP contribution in [-0.4, -0.2) is 42.2 Å². The Morgan fingerprint density at radius 3 is 2.61 bits per heavy atom. The fraction of sp³-hybridized carbons (Fsp3) is 0.333. The van der Waals surface area contributed by atoms with Crippen molar-refractivity contribution in [1.82, 2.24) is 24.0 Å². The maximum Gasteiger partial charge on any atom is 0.410 e. The third-order valence-electron chi connectivity index (χ3n) is 6.20. The molecule has 4 heterocycles. The second-order valence-electron chi connectivity index (χ2n) is 9.86. The minimum Gasteiger partial charge on any atom is -0.485 e. The van der Waals surface area contributed by atoms with Crippen LogP contribution in [0.4, 0.5) is 4.79 Å². The van der Waals surface area contributed by atoms with Crippen molar-refractivity contribution in [3.05, 3.63) is 82.4 Å². The average molecular weight is 488 g/mol. The Balaban J connectivity index is 1.39. The first kappa shape index (κ1) is 23.6. The first-order valence-corrected chi connectivity index (χ1v) is 11.9. The molecule has 1 amide bonds. The van der Waals surface area contributed by atoms with Gasteiger partial charge in [-0.15, -0.1) is 0 Å². The molecule has 0 N–H and O–H groups in total. The smallest absolute Gasteiger partial charge is 0.410 e. The summed E-state index contributed by atoms with van der Waals surface area (Å²) in [7, 11) is 2.03. The van der Waals surface area contributed by atoms with E-state index < -0.39 is 5.60 Å². The van der Waals surface area contributed by atoms with Crippen molar-refractivity contribution in [2.45, 2.75) is 45.9 Å². The highest BCUT2D eigenvalue weighted by Crippen LogP contribution is 2.32. The van der Waals surface area contributed by atoms with Crippen molar-refractivity contribution in [3.8, 4) is 11.4 Å². The van der Waals surface area contributed by atoms with Crippen LogP contribution < -0.4 is 10.3 Å². The second-order valence-corrected chi connectivity index (χ2v) is 9.86. The zero-order valence-electron chi connectivity index (χ0n) is 20.9. The number of carbonyl (C=O) groups excluding carboxylic acids is 1. The summed E-state index contributed by atoms with van der Waals surface area (Å²) in [5.41, 5.74) is 3.35. The molecular formula is C27H29N5O4. The normalized spacial score (nSPS) is 13.5. The van der Waals surface area contributed by atoms with Crippen LogP contribution in [0, 0.1) is 0 Å². The number of fused-ring (bicyclic) bond motifs is 3. The zero-order chi connectivity index (χ0) is 25.4. The fourth-order valence-electron chi connectivity index (χ4n) is 4.51. The minimum atomic E-state index is -0.534. The Hall–Kier alpha value is -4.14. The lowest BCUT2D eigenvalue weighted by Crippen LogP contribution is -2.40. The number of hydrogen-bond donors (Lipinski definition) is 0. The van der Waals surface area contributed by atoms with Crippen LogP contribution in [0.3, 0.4) is 0 Å². The highest BCUT2D eigenvalue weighted by Gasteiger charge is 2.29.